The van der Waals surface area contributed by atoms with E-state index in [1.54, 1.807) is 30.3 Å². The first kappa shape index (κ1) is 55.5. The Morgan fingerprint density at radius 3 is 1.45 bits per heavy atom. The highest BCUT2D eigenvalue weighted by atomic mass is 16.4. The first-order valence-electron chi connectivity index (χ1n) is 24.2. The van der Waals surface area contributed by atoms with E-state index in [9.17, 15) is 48.6 Å². The van der Waals surface area contributed by atoms with Gasteiger partial charge in [-0.1, -0.05) is 144 Å². The minimum absolute atomic E-state index is 0.0355. The first-order valence-corrected chi connectivity index (χ1v) is 24.2. The van der Waals surface area contributed by atoms with Crippen LogP contribution < -0.4 is 38.1 Å². The van der Waals surface area contributed by atoms with Gasteiger partial charge in [0.15, 0.2) is 0 Å². The van der Waals surface area contributed by atoms with E-state index in [1.165, 1.54) is 6.92 Å². The highest BCUT2D eigenvalue weighted by Gasteiger charge is 2.36. The number of carbonyl (C=O) groups is 8. The summed E-state index contributed by atoms with van der Waals surface area (Å²) in [5.74, 6) is -5.67. The third-order valence-corrected chi connectivity index (χ3v) is 12.2. The van der Waals surface area contributed by atoms with E-state index < -0.39 is 84.1 Å². The Kier molecular flexibility index (Phi) is 25.8. The second kappa shape index (κ2) is 31.2. The number of unbranched alkanes of at least 4 members (excludes halogenated alkanes) is 11. The van der Waals surface area contributed by atoms with Crippen LogP contribution in [0.4, 0.5) is 0 Å². The molecule has 0 bridgehead atoms. The van der Waals surface area contributed by atoms with E-state index in [2.05, 4.69) is 26.6 Å². The Morgan fingerprint density at radius 1 is 0.552 bits per heavy atom. The molecule has 11 N–H and O–H groups in total. The number of nitrogens with one attached hydrogen (secondary N) is 5. The predicted octanol–water partition coefficient (Wildman–Crippen LogP) is 3.76. The van der Waals surface area contributed by atoms with Crippen molar-refractivity contribution in [2.45, 2.75) is 184 Å². The molecule has 0 aliphatic heterocycles. The van der Waals surface area contributed by atoms with Gasteiger partial charge in [-0.3, -0.25) is 33.6 Å². The minimum Gasteiger partial charge on any atom is -0.480 e. The number of aliphatic hydroxyl groups excluding tert-OH is 1. The quantitative estimate of drug-likeness (QED) is 0.0467. The lowest BCUT2D eigenvalue weighted by Gasteiger charge is -2.32. The monoisotopic (exact) mass is 934 g/mol. The third kappa shape index (κ3) is 22.5. The van der Waals surface area contributed by atoms with Crippen molar-refractivity contribution in [3.8, 4) is 0 Å². The van der Waals surface area contributed by atoms with Crippen molar-refractivity contribution in [1.29, 1.82) is 0 Å². The number of carbonyl (C=O) groups excluding carboxylic acids is 7. The number of hydrogen-bond donors (Lipinski definition) is 9. The summed E-state index contributed by atoms with van der Waals surface area (Å²) in [6.45, 7) is 1.41. The van der Waals surface area contributed by atoms with Crippen LogP contribution in [0, 0.1) is 5.92 Å². The van der Waals surface area contributed by atoms with Crippen molar-refractivity contribution in [2.24, 2.45) is 17.4 Å². The molecule has 3 rings (SSSR count). The van der Waals surface area contributed by atoms with Crippen LogP contribution in [0.15, 0.2) is 60.7 Å². The summed E-state index contributed by atoms with van der Waals surface area (Å²) in [7, 11) is 0. The molecule has 1 fully saturated rings. The van der Waals surface area contributed by atoms with Gasteiger partial charge < -0.3 is 48.3 Å². The molecular formula is C50H75N7O10. The van der Waals surface area contributed by atoms with Gasteiger partial charge in [0, 0.05) is 25.7 Å². The first-order chi connectivity index (χ1) is 32.1. The van der Waals surface area contributed by atoms with Gasteiger partial charge in [-0.15, -0.1) is 0 Å². The van der Waals surface area contributed by atoms with Crippen LogP contribution in [0.25, 0.3) is 0 Å². The number of rotatable bonds is 33. The molecule has 0 aromatic heterocycles. The van der Waals surface area contributed by atoms with Crippen molar-refractivity contribution in [2.75, 3.05) is 0 Å². The van der Waals surface area contributed by atoms with Crippen molar-refractivity contribution in [3.05, 3.63) is 71.8 Å². The molecule has 0 spiro atoms. The molecule has 0 heterocycles. The fraction of sp³-hybridized carbons (Fsp3) is 0.600. The number of primary amides is 2. The zero-order valence-corrected chi connectivity index (χ0v) is 39.2. The Balaban J connectivity index is 1.28. The fourth-order valence-corrected chi connectivity index (χ4v) is 8.43. The summed E-state index contributed by atoms with van der Waals surface area (Å²) < 4.78 is 0. The summed E-state index contributed by atoms with van der Waals surface area (Å²) >= 11 is 0. The van der Waals surface area contributed by atoms with E-state index >= 15 is 0 Å². The van der Waals surface area contributed by atoms with Crippen LogP contribution in [-0.4, -0.2) is 93.8 Å². The number of benzene rings is 2. The van der Waals surface area contributed by atoms with Crippen LogP contribution in [0.3, 0.4) is 0 Å². The largest absolute Gasteiger partial charge is 0.480 e. The molecule has 1 aliphatic carbocycles. The van der Waals surface area contributed by atoms with Gasteiger partial charge in [-0.25, -0.2) is 4.79 Å². The Bertz CT molecular complexity index is 1860. The number of aliphatic hydroxyl groups is 1. The van der Waals surface area contributed by atoms with Gasteiger partial charge in [0.05, 0.1) is 12.5 Å². The van der Waals surface area contributed by atoms with E-state index in [-0.39, 0.29) is 37.5 Å². The summed E-state index contributed by atoms with van der Waals surface area (Å²) in [4.78, 5) is 101. The van der Waals surface area contributed by atoms with Crippen molar-refractivity contribution >= 4 is 47.3 Å². The Labute approximate surface area is 395 Å². The van der Waals surface area contributed by atoms with E-state index in [0.29, 0.717) is 31.2 Å². The lowest BCUT2D eigenvalue weighted by Crippen LogP contribution is -2.60. The highest BCUT2D eigenvalue weighted by molar-refractivity contribution is 5.95. The van der Waals surface area contributed by atoms with Crippen molar-refractivity contribution < 1.29 is 48.6 Å². The standard InChI is InChI=1S/C50H75N7O10/c1-34(58)44(48(64)57-45(37-27-19-14-20-28-37)49(65)54-38(46(52)62)31-35-23-15-12-16-24-35)56-43(61)30-22-11-9-7-5-3-2-4-6-8-10-21-29-42(60)53-39(33-41(51)59)47(63)55-40(50(66)67)32-36-25-17-13-18-26-36/h12-13,15-18,23-26,34,37-40,44-45,58H,2-11,14,19-22,27-33H2,1H3,(H2,51,59)(H2,52,62)(H,53,60)(H,54,65)(H,55,63)(H,56,61)(H,57,64)(H,66,67)/t34-,38+,39+,40+,44+,45+/m1/s1. The zero-order valence-electron chi connectivity index (χ0n) is 39.2. The molecule has 2 aromatic carbocycles. The number of carboxylic acid groups (broad SMARTS) is 1. The maximum absolute atomic E-state index is 13.7. The maximum Gasteiger partial charge on any atom is 0.326 e. The summed E-state index contributed by atoms with van der Waals surface area (Å²) in [5.41, 5.74) is 12.5. The number of nitrogens with two attached hydrogens (primary N) is 2. The van der Waals surface area contributed by atoms with Gasteiger partial charge in [0.25, 0.3) is 0 Å². The van der Waals surface area contributed by atoms with Crippen LogP contribution in [0.5, 0.6) is 0 Å². The molecule has 6 atom stereocenters. The summed E-state index contributed by atoms with van der Waals surface area (Å²) in [6, 6.07) is 12.2. The van der Waals surface area contributed by atoms with Gasteiger partial charge >= 0.3 is 5.97 Å². The summed E-state index contributed by atoms with van der Waals surface area (Å²) in [6.07, 6.45) is 14.3. The van der Waals surface area contributed by atoms with Crippen LogP contribution in [0.2, 0.25) is 0 Å². The van der Waals surface area contributed by atoms with Crippen LogP contribution >= 0.6 is 0 Å². The number of hydrogen-bond acceptors (Lipinski definition) is 9. The average molecular weight is 934 g/mol. The Hall–Kier alpha value is -5.84. The van der Waals surface area contributed by atoms with Crippen molar-refractivity contribution in [1.82, 2.24) is 26.6 Å². The van der Waals surface area contributed by atoms with Crippen LogP contribution in [-0.2, 0) is 51.2 Å². The van der Waals surface area contributed by atoms with Crippen LogP contribution in [0.1, 0.15) is 146 Å². The average Bonchev–Trinajstić information content (AvgIpc) is 3.29. The molecule has 0 saturated heterocycles. The predicted molar refractivity (Wildman–Crippen MR) is 253 cm³/mol. The maximum atomic E-state index is 13.7. The molecule has 67 heavy (non-hydrogen) atoms. The number of amides is 7. The second-order valence-corrected chi connectivity index (χ2v) is 17.9. The van der Waals surface area contributed by atoms with Gasteiger partial charge in [-0.2, -0.15) is 0 Å². The molecule has 370 valence electrons. The summed E-state index contributed by atoms with van der Waals surface area (Å²) in [5, 5.41) is 33.3. The van der Waals surface area contributed by atoms with Gasteiger partial charge in [0.1, 0.15) is 30.2 Å². The smallest absolute Gasteiger partial charge is 0.326 e. The SMILES string of the molecule is C[C@@H](O)[C@H](NC(=O)CCCCCCCCCCCCCCC(=O)N[C@@H](CC(N)=O)C(=O)N[C@@H](Cc1ccccc1)C(=O)O)C(=O)N[C@H](C(=O)N[C@@H](Cc1ccccc1)C(N)=O)C1CCCCC1. The molecule has 7 amide bonds. The molecule has 1 saturated carbocycles. The number of carboxylic acids is 1. The fourth-order valence-electron chi connectivity index (χ4n) is 8.43. The molecule has 0 radical (unpaired) electrons. The zero-order chi connectivity index (χ0) is 49.0. The lowest BCUT2D eigenvalue weighted by molar-refractivity contribution is -0.142. The molecule has 2 aromatic rings. The molecule has 17 heteroatoms. The van der Waals surface area contributed by atoms with E-state index in [0.717, 1.165) is 89.0 Å². The van der Waals surface area contributed by atoms with E-state index in [4.69, 9.17) is 11.5 Å². The topological polar surface area (TPSA) is 289 Å². The molecule has 0 unspecified atom stereocenters. The molecular weight excluding hydrogens is 859 g/mol. The van der Waals surface area contributed by atoms with E-state index in [1.807, 2.05) is 30.3 Å². The second-order valence-electron chi connectivity index (χ2n) is 17.9. The van der Waals surface area contributed by atoms with Gasteiger partial charge in [-0.05, 0) is 49.7 Å². The molecule has 17 nitrogen and oxygen atoms in total. The minimum atomic E-state index is -1.28. The lowest BCUT2D eigenvalue weighted by atomic mass is 9.83. The highest BCUT2D eigenvalue weighted by Crippen LogP contribution is 2.27. The number of aliphatic carboxylic acids is 1. The Morgan fingerprint density at radius 2 is 1.00 bits per heavy atom. The normalized spacial score (nSPS) is 15.4. The molecule has 1 aliphatic rings. The van der Waals surface area contributed by atoms with Gasteiger partial charge in [0.2, 0.25) is 41.4 Å². The third-order valence-electron chi connectivity index (χ3n) is 12.2. The van der Waals surface area contributed by atoms with Crippen molar-refractivity contribution in [3.63, 3.8) is 0 Å².